The van der Waals surface area contributed by atoms with E-state index in [1.165, 1.54) is 23.5 Å². The second-order valence-electron chi connectivity index (χ2n) is 8.13. The summed E-state index contributed by atoms with van der Waals surface area (Å²) in [7, 11) is -5.51. The van der Waals surface area contributed by atoms with E-state index in [1.54, 1.807) is 17.9 Å². The number of anilines is 1. The molecule has 1 aromatic carbocycles. The van der Waals surface area contributed by atoms with Crippen molar-refractivity contribution in [2.45, 2.75) is 32.4 Å². The Bertz CT molecular complexity index is 1010. The zero-order valence-corrected chi connectivity index (χ0v) is 20.0. The molecular weight excluding hydrogens is 446 g/mol. The number of amides is 1. The summed E-state index contributed by atoms with van der Waals surface area (Å²) in [5, 5.41) is 9.62. The maximum absolute atomic E-state index is 13.0. The van der Waals surface area contributed by atoms with Crippen LogP contribution >= 0.6 is 0 Å². The number of carbonyl (C=O) groups excluding carboxylic acids is 1. The van der Waals surface area contributed by atoms with Crippen molar-refractivity contribution in [3.8, 4) is 5.75 Å². The van der Waals surface area contributed by atoms with Crippen LogP contribution in [0.4, 0.5) is 5.69 Å². The molecule has 1 aliphatic heterocycles. The van der Waals surface area contributed by atoms with Gasteiger partial charge < -0.3 is 14.7 Å². The molecule has 3 atom stereocenters. The standard InChI is InChI=1S/C19H31N3O7S2/c1-13-10-22(14(2)12-23)19(24)9-15-8-16(20-30(4,25)26)6-7-17(15)29-18(13)11-21(3)31(5,27)28/h6-8,13-14,18,20,23H,9-12H2,1-5H3/t13-,14+,18-/m0/s1. The fourth-order valence-electron chi connectivity index (χ4n) is 3.31. The van der Waals surface area contributed by atoms with Crippen molar-refractivity contribution >= 4 is 31.6 Å². The summed E-state index contributed by atoms with van der Waals surface area (Å²) >= 11 is 0. The third-order valence-electron chi connectivity index (χ3n) is 5.22. The molecule has 31 heavy (non-hydrogen) atoms. The molecule has 2 N–H and O–H groups in total. The van der Waals surface area contributed by atoms with E-state index in [0.29, 0.717) is 11.3 Å². The van der Waals surface area contributed by atoms with Crippen molar-refractivity contribution in [3.63, 3.8) is 0 Å². The van der Waals surface area contributed by atoms with Crippen molar-refractivity contribution in [1.29, 1.82) is 0 Å². The first kappa shape index (κ1) is 25.4. The van der Waals surface area contributed by atoms with Gasteiger partial charge in [-0.3, -0.25) is 9.52 Å². The van der Waals surface area contributed by atoms with Crippen LogP contribution in [0.25, 0.3) is 0 Å². The Kier molecular flexibility index (Phi) is 7.95. The molecule has 0 bridgehead atoms. The fourth-order valence-corrected chi connectivity index (χ4v) is 4.29. The van der Waals surface area contributed by atoms with Crippen LogP contribution in [-0.2, 0) is 31.3 Å². The molecule has 2 rings (SSSR count). The molecule has 0 aromatic heterocycles. The summed E-state index contributed by atoms with van der Waals surface area (Å²) < 4.78 is 56.8. The van der Waals surface area contributed by atoms with Gasteiger partial charge in [-0.15, -0.1) is 0 Å². The van der Waals surface area contributed by atoms with E-state index in [-0.39, 0.29) is 43.6 Å². The van der Waals surface area contributed by atoms with E-state index >= 15 is 0 Å². The average molecular weight is 478 g/mol. The predicted molar refractivity (Wildman–Crippen MR) is 118 cm³/mol. The van der Waals surface area contributed by atoms with Crippen molar-refractivity contribution in [2.24, 2.45) is 5.92 Å². The number of sulfonamides is 2. The second-order valence-corrected chi connectivity index (χ2v) is 12.0. The minimum absolute atomic E-state index is 0.0552. The third kappa shape index (κ3) is 7.06. The van der Waals surface area contributed by atoms with Crippen LogP contribution in [-0.4, -0.2) is 88.5 Å². The van der Waals surface area contributed by atoms with Crippen LogP contribution in [0.1, 0.15) is 19.4 Å². The van der Waals surface area contributed by atoms with Gasteiger partial charge in [0.05, 0.1) is 38.1 Å². The molecular formula is C19H31N3O7S2. The van der Waals surface area contributed by atoms with Crippen LogP contribution in [0.2, 0.25) is 0 Å². The summed E-state index contributed by atoms with van der Waals surface area (Å²) in [5.74, 6) is -0.113. The number of fused-ring (bicyclic) bond motifs is 1. The molecule has 0 aliphatic carbocycles. The highest BCUT2D eigenvalue weighted by Gasteiger charge is 2.32. The lowest BCUT2D eigenvalue weighted by Gasteiger charge is -2.33. The molecule has 0 saturated carbocycles. The summed E-state index contributed by atoms with van der Waals surface area (Å²) in [4.78, 5) is 14.6. The zero-order valence-electron chi connectivity index (χ0n) is 18.4. The van der Waals surface area contributed by atoms with Gasteiger partial charge in [0.15, 0.2) is 0 Å². The Labute approximate surface area is 184 Å². The zero-order chi connectivity index (χ0) is 23.6. The lowest BCUT2D eigenvalue weighted by molar-refractivity contribution is -0.134. The Morgan fingerprint density at radius 2 is 1.94 bits per heavy atom. The van der Waals surface area contributed by atoms with Crippen LogP contribution in [0.3, 0.4) is 0 Å². The Balaban J connectivity index is 2.50. The monoisotopic (exact) mass is 477 g/mol. The SMILES string of the molecule is C[C@H](CO)N1C[C@H](C)[C@H](CN(C)S(C)(=O)=O)Oc2ccc(NS(C)(=O)=O)cc2CC1=O. The van der Waals surface area contributed by atoms with E-state index in [9.17, 15) is 26.7 Å². The lowest BCUT2D eigenvalue weighted by atomic mass is 10.0. The third-order valence-corrected chi connectivity index (χ3v) is 7.11. The van der Waals surface area contributed by atoms with E-state index in [2.05, 4.69) is 4.72 Å². The second kappa shape index (κ2) is 9.72. The smallest absolute Gasteiger partial charge is 0.229 e. The van der Waals surface area contributed by atoms with Crippen LogP contribution in [0, 0.1) is 5.92 Å². The molecule has 1 aliphatic rings. The van der Waals surface area contributed by atoms with Crippen LogP contribution < -0.4 is 9.46 Å². The van der Waals surface area contributed by atoms with Gasteiger partial charge in [0.1, 0.15) is 11.9 Å². The first-order valence-corrected chi connectivity index (χ1v) is 13.5. The van der Waals surface area contributed by atoms with E-state index < -0.39 is 32.2 Å². The number of rotatable bonds is 7. The molecule has 0 saturated heterocycles. The maximum Gasteiger partial charge on any atom is 0.229 e. The van der Waals surface area contributed by atoms with Gasteiger partial charge in [0.2, 0.25) is 26.0 Å². The highest BCUT2D eigenvalue weighted by Crippen LogP contribution is 2.29. The van der Waals surface area contributed by atoms with Gasteiger partial charge in [0, 0.05) is 30.8 Å². The molecule has 1 heterocycles. The number of nitrogens with one attached hydrogen (secondary N) is 1. The van der Waals surface area contributed by atoms with Gasteiger partial charge >= 0.3 is 0 Å². The quantitative estimate of drug-likeness (QED) is 0.569. The molecule has 10 nitrogen and oxygen atoms in total. The number of benzene rings is 1. The van der Waals surface area contributed by atoms with Crippen molar-refractivity contribution < 1.29 is 31.5 Å². The lowest BCUT2D eigenvalue weighted by Crippen LogP contribution is -2.48. The van der Waals surface area contributed by atoms with E-state index in [1.807, 2.05) is 6.92 Å². The van der Waals surface area contributed by atoms with Crippen molar-refractivity contribution in [3.05, 3.63) is 23.8 Å². The minimum Gasteiger partial charge on any atom is -0.488 e. The molecule has 1 aromatic rings. The van der Waals surface area contributed by atoms with Gasteiger partial charge in [-0.25, -0.2) is 21.1 Å². The Hall–Kier alpha value is -1.89. The first-order chi connectivity index (χ1) is 14.2. The number of hydrogen-bond acceptors (Lipinski definition) is 7. The molecule has 0 radical (unpaired) electrons. The fraction of sp³-hybridized carbons (Fsp3) is 0.632. The van der Waals surface area contributed by atoms with Gasteiger partial charge in [-0.2, -0.15) is 0 Å². The summed E-state index contributed by atoms with van der Waals surface area (Å²) in [6.07, 6.45) is 1.50. The normalized spacial score (nSPS) is 21.5. The van der Waals surface area contributed by atoms with Gasteiger partial charge in [-0.1, -0.05) is 6.92 Å². The van der Waals surface area contributed by atoms with Crippen molar-refractivity contribution in [1.82, 2.24) is 9.21 Å². The largest absolute Gasteiger partial charge is 0.488 e. The molecule has 1 amide bonds. The van der Waals surface area contributed by atoms with Crippen LogP contribution in [0.15, 0.2) is 18.2 Å². The highest BCUT2D eigenvalue weighted by molar-refractivity contribution is 7.92. The number of likely N-dealkylation sites (N-methyl/N-ethyl adjacent to an activating group) is 1. The Morgan fingerprint density at radius 3 is 2.48 bits per heavy atom. The first-order valence-electron chi connectivity index (χ1n) is 9.80. The number of ether oxygens (including phenoxy) is 1. The summed E-state index contributed by atoms with van der Waals surface area (Å²) in [5.41, 5.74) is 0.756. The summed E-state index contributed by atoms with van der Waals surface area (Å²) in [6.45, 7) is 3.69. The maximum atomic E-state index is 13.0. The van der Waals surface area contributed by atoms with Crippen molar-refractivity contribution in [2.75, 3.05) is 44.0 Å². The van der Waals surface area contributed by atoms with Crippen LogP contribution in [0.5, 0.6) is 5.75 Å². The molecule has 0 unspecified atom stereocenters. The van der Waals surface area contributed by atoms with E-state index in [0.717, 1.165) is 12.5 Å². The van der Waals surface area contributed by atoms with Gasteiger partial charge in [-0.05, 0) is 25.1 Å². The Morgan fingerprint density at radius 1 is 1.29 bits per heavy atom. The molecule has 176 valence electrons. The molecule has 12 heteroatoms. The topological polar surface area (TPSA) is 133 Å². The number of hydrogen-bond donors (Lipinski definition) is 2. The predicted octanol–water partition coefficient (Wildman–Crippen LogP) is 0.0985. The highest BCUT2D eigenvalue weighted by atomic mass is 32.2. The van der Waals surface area contributed by atoms with E-state index in [4.69, 9.17) is 4.74 Å². The number of aliphatic hydroxyl groups is 1. The molecule has 0 fully saturated rings. The molecule has 0 spiro atoms. The minimum atomic E-state index is -3.51. The number of aliphatic hydroxyl groups excluding tert-OH is 1. The van der Waals surface area contributed by atoms with Gasteiger partial charge in [0.25, 0.3) is 0 Å². The number of nitrogens with zero attached hydrogens (tertiary/aromatic N) is 2. The summed E-state index contributed by atoms with van der Waals surface area (Å²) in [6, 6.07) is 4.19. The average Bonchev–Trinajstić information content (AvgIpc) is 2.68. The number of carbonyl (C=O) groups is 1.